The molecule has 10 rings (SSSR count). The van der Waals surface area contributed by atoms with Crippen molar-refractivity contribution in [3.8, 4) is 0 Å². The highest BCUT2D eigenvalue weighted by molar-refractivity contribution is 5.77. The predicted octanol–water partition coefficient (Wildman–Crippen LogP) is -9.47. The summed E-state index contributed by atoms with van der Waals surface area (Å²) in [6, 6.07) is 0. The first kappa shape index (κ1) is 69.8. The molecule has 89 heavy (non-hydrogen) atoms. The average Bonchev–Trinajstić information content (AvgIpc) is 1.62. The Kier molecular flexibility index (Phi) is 21.4. The molecule has 31 unspecified atom stereocenters. The molecule has 20 N–H and O–H groups in total. The van der Waals surface area contributed by atoms with Crippen molar-refractivity contribution in [3.05, 3.63) is 12.2 Å². The molecule has 0 radical (unpaired) electrons. The Morgan fingerprint density at radius 2 is 0.865 bits per heavy atom. The molecule has 6 saturated heterocycles. The first-order chi connectivity index (χ1) is 42.1. The Labute approximate surface area is 509 Å². The van der Waals surface area contributed by atoms with Crippen molar-refractivity contribution in [3.63, 3.8) is 0 Å². The van der Waals surface area contributed by atoms with E-state index in [-0.39, 0.29) is 24.7 Å². The van der Waals surface area contributed by atoms with Crippen LogP contribution >= 0.6 is 0 Å². The lowest BCUT2D eigenvalue weighted by Gasteiger charge is -2.64. The van der Waals surface area contributed by atoms with Gasteiger partial charge in [-0.15, -0.1) is 0 Å². The number of ether oxygens (including phenoxy) is 12. The van der Waals surface area contributed by atoms with Crippen LogP contribution in [0.15, 0.2) is 12.2 Å². The van der Waals surface area contributed by atoms with Crippen LogP contribution in [0.2, 0.25) is 0 Å². The van der Waals surface area contributed by atoms with Gasteiger partial charge in [-0.2, -0.15) is 0 Å². The van der Waals surface area contributed by atoms with Crippen molar-refractivity contribution in [1.82, 2.24) is 0 Å². The van der Waals surface area contributed by atoms with E-state index in [9.17, 15) is 107 Å². The van der Waals surface area contributed by atoms with Gasteiger partial charge in [0, 0.05) is 0 Å². The normalized spacial score (nSPS) is 54.5. The topological polar surface area (TPSA) is 532 Å². The summed E-state index contributed by atoms with van der Waals surface area (Å²) < 4.78 is 72.0. The highest BCUT2D eigenvalue weighted by Crippen LogP contribution is 2.74. The molecule has 512 valence electrons. The number of rotatable bonds is 18. The lowest BCUT2D eigenvalue weighted by atomic mass is 9.41. The van der Waals surface area contributed by atoms with Crippen molar-refractivity contribution in [1.29, 1.82) is 0 Å². The van der Waals surface area contributed by atoms with Gasteiger partial charge in [-0.1, -0.05) is 19.9 Å². The van der Waals surface area contributed by atoms with Gasteiger partial charge in [0.25, 0.3) is 0 Å². The maximum atomic E-state index is 15.0. The first-order valence-corrected chi connectivity index (χ1v) is 30.4. The Bertz CT molecular complexity index is 2400. The summed E-state index contributed by atoms with van der Waals surface area (Å²) in [6.45, 7) is 3.37. The third-order valence-corrected chi connectivity index (χ3v) is 21.3. The maximum absolute atomic E-state index is 15.0. The molecule has 1 spiro atoms. The summed E-state index contributed by atoms with van der Waals surface area (Å²) in [5.41, 5.74) is -3.09. The van der Waals surface area contributed by atoms with Crippen LogP contribution in [0.3, 0.4) is 0 Å². The fraction of sp³-hybridized carbons (Fsp3) is 0.946. The fourth-order valence-electron chi connectivity index (χ4n) is 16.3. The Hall–Kier alpha value is -2.03. The molecule has 36 atom stereocenters. The number of aliphatic hydroxyl groups excluding tert-OH is 20. The van der Waals surface area contributed by atoms with E-state index in [2.05, 4.69) is 13.5 Å². The van der Waals surface area contributed by atoms with Gasteiger partial charge in [0.2, 0.25) is 6.29 Å². The molecule has 0 aromatic rings. The van der Waals surface area contributed by atoms with Gasteiger partial charge in [-0.25, -0.2) is 0 Å². The summed E-state index contributed by atoms with van der Waals surface area (Å²) in [5, 5.41) is 214. The molecule has 33 nitrogen and oxygen atoms in total. The van der Waals surface area contributed by atoms with E-state index in [4.69, 9.17) is 56.8 Å². The van der Waals surface area contributed by atoms with Gasteiger partial charge in [0.15, 0.2) is 37.6 Å². The van der Waals surface area contributed by atoms with Gasteiger partial charge in [0.1, 0.15) is 140 Å². The van der Waals surface area contributed by atoms with Crippen LogP contribution in [0.4, 0.5) is 0 Å². The van der Waals surface area contributed by atoms with Gasteiger partial charge in [-0.05, 0) is 86.5 Å². The summed E-state index contributed by atoms with van der Waals surface area (Å²) in [7, 11) is 0. The lowest BCUT2D eigenvalue weighted by Crippen LogP contribution is -2.68. The molecular weight excluding hydrogens is 1200 g/mol. The molecule has 6 heterocycles. The van der Waals surface area contributed by atoms with E-state index >= 15 is 0 Å². The van der Waals surface area contributed by atoms with E-state index in [0.29, 0.717) is 50.5 Å². The smallest absolute Gasteiger partial charge is 0.314 e. The van der Waals surface area contributed by atoms with Crippen LogP contribution < -0.4 is 0 Å². The zero-order valence-corrected chi connectivity index (χ0v) is 49.0. The molecule has 10 aliphatic rings. The molecule has 10 fully saturated rings. The Balaban J connectivity index is 0.895. The van der Waals surface area contributed by atoms with Crippen LogP contribution in [0.1, 0.15) is 71.6 Å². The van der Waals surface area contributed by atoms with Crippen LogP contribution in [-0.2, 0) is 61.6 Å². The van der Waals surface area contributed by atoms with Crippen molar-refractivity contribution in [2.75, 3.05) is 39.6 Å². The Morgan fingerprint density at radius 1 is 0.449 bits per heavy atom. The zero-order valence-electron chi connectivity index (χ0n) is 49.0. The summed E-state index contributed by atoms with van der Waals surface area (Å²) in [6.07, 6.45) is -51.0. The Morgan fingerprint density at radius 3 is 1.39 bits per heavy atom. The quantitative estimate of drug-likeness (QED) is 0.0344. The molecular formula is C56H90O33. The second kappa shape index (κ2) is 27.2. The number of carbonyl (C=O) groups is 1. The second-order valence-electron chi connectivity index (χ2n) is 26.5. The van der Waals surface area contributed by atoms with Crippen molar-refractivity contribution < 1.29 is 164 Å². The summed E-state index contributed by atoms with van der Waals surface area (Å²) in [4.78, 5) is 15.0. The molecule has 33 heteroatoms. The number of esters is 1. The summed E-state index contributed by atoms with van der Waals surface area (Å²) >= 11 is 0. The highest BCUT2D eigenvalue weighted by Gasteiger charge is 2.70. The predicted molar refractivity (Wildman–Crippen MR) is 284 cm³/mol. The van der Waals surface area contributed by atoms with Crippen LogP contribution in [0, 0.1) is 28.1 Å². The fourth-order valence-corrected chi connectivity index (χ4v) is 16.3. The molecule has 4 aliphatic carbocycles. The van der Waals surface area contributed by atoms with E-state index in [1.54, 1.807) is 6.92 Å². The van der Waals surface area contributed by atoms with Crippen LogP contribution in [-0.4, -0.2) is 338 Å². The maximum Gasteiger partial charge on any atom is 0.314 e. The van der Waals surface area contributed by atoms with Crippen molar-refractivity contribution in [2.45, 2.75) is 261 Å². The molecule has 4 saturated carbocycles. The van der Waals surface area contributed by atoms with E-state index in [1.165, 1.54) is 0 Å². The largest absolute Gasteiger partial charge is 0.432 e. The van der Waals surface area contributed by atoms with Gasteiger partial charge >= 0.3 is 5.97 Å². The van der Waals surface area contributed by atoms with Gasteiger partial charge < -0.3 is 159 Å². The number of carbonyl (C=O) groups excluding carboxylic acids is 1. The average molecular weight is 1290 g/mol. The third-order valence-electron chi connectivity index (χ3n) is 21.3. The minimum Gasteiger partial charge on any atom is -0.432 e. The molecule has 2 bridgehead atoms. The number of hydrogen-bond donors (Lipinski definition) is 20. The number of fused-ring (bicyclic) bond motifs is 3. The lowest BCUT2D eigenvalue weighted by molar-refractivity contribution is -0.401. The van der Waals surface area contributed by atoms with Gasteiger partial charge in [0.05, 0.1) is 50.7 Å². The monoisotopic (exact) mass is 1290 g/mol. The zero-order chi connectivity index (χ0) is 64.7. The molecule has 0 aromatic carbocycles. The highest BCUT2D eigenvalue weighted by atomic mass is 16.8. The van der Waals surface area contributed by atoms with Crippen LogP contribution in [0.5, 0.6) is 0 Å². The number of aliphatic hydroxyl groups is 20. The summed E-state index contributed by atoms with van der Waals surface area (Å²) in [5.74, 6) is -1.26. The SMILES string of the molecule is C=C1C[C@@]23CCC4[C@](C)(C(=O)OC5OC(CO)C(O)C(O)C5OC5OC(CO)C(O)C(O)C5O)CCC[C@@]4(C)[C@@H]2CC[C@]1(OC1OC(CO)C(O)C(OC2OC(COC4OC(CO)C(O)C(O)C4O)C(O)C(O)C2O)C1OC1OC(CO)C(O)C(O)C1O)C3. The molecule has 0 aromatic heterocycles. The van der Waals surface area contributed by atoms with Crippen molar-refractivity contribution in [2.24, 2.45) is 28.1 Å². The molecule has 6 aliphatic heterocycles. The first-order valence-electron chi connectivity index (χ1n) is 30.4. The standard InChI is InChI=1S/C56H90O33/c1-19-11-55-9-5-26-53(2,7-4-8-54(26,3)52(77)88-50-44(38(72)31(65)23(15-60)82-50)86-47-40(74)35(69)29(63)21(13-58)80-47)27(55)6-10-56(19,18-55)89-51-45(87-48-41(75)36(70)30(64)22(14-59)81-48)43(33(67)24(16-61)83-51)85-49-42(76)37(71)32(66)25(84-49)17-78-46-39(73)34(68)28(62)20(12-57)79-46/h20-51,57-76H,1,4-18H2,2-3H3/t20?,21?,22?,23?,24?,25?,26?,27-,28?,29?,30?,31?,32?,33?,34?,35?,36?,37?,38?,39?,40?,41?,42?,43?,44?,45?,46?,47?,48?,49?,50?,51?,53+,54+,55+,56-/m0/s1. The minimum atomic E-state index is -2.14. The second-order valence-corrected chi connectivity index (χ2v) is 26.5. The van der Waals surface area contributed by atoms with E-state index < -0.39 is 252 Å². The van der Waals surface area contributed by atoms with Gasteiger partial charge in [-0.3, -0.25) is 4.79 Å². The minimum absolute atomic E-state index is 0.123. The van der Waals surface area contributed by atoms with E-state index in [1.807, 2.05) is 0 Å². The third kappa shape index (κ3) is 12.4. The van der Waals surface area contributed by atoms with E-state index in [0.717, 1.165) is 0 Å². The number of hydrogen-bond acceptors (Lipinski definition) is 33. The van der Waals surface area contributed by atoms with Crippen LogP contribution in [0.25, 0.3) is 0 Å². The van der Waals surface area contributed by atoms with Crippen molar-refractivity contribution >= 4 is 5.97 Å². The molecule has 0 amide bonds.